The highest BCUT2D eigenvalue weighted by Crippen LogP contribution is 2.27. The smallest absolute Gasteiger partial charge is 0.248 e. The lowest BCUT2D eigenvalue weighted by atomic mass is 9.91. The lowest BCUT2D eigenvalue weighted by molar-refractivity contribution is -0.128. The van der Waals surface area contributed by atoms with Crippen LogP contribution in [0.15, 0.2) is 29.6 Å². The van der Waals surface area contributed by atoms with E-state index in [-0.39, 0.29) is 23.4 Å². The van der Waals surface area contributed by atoms with Gasteiger partial charge in [-0.15, -0.1) is 6.58 Å². The van der Waals surface area contributed by atoms with Gasteiger partial charge in [0.1, 0.15) is 6.04 Å². The summed E-state index contributed by atoms with van der Waals surface area (Å²) in [5.41, 5.74) is 1.69. The van der Waals surface area contributed by atoms with Crippen molar-refractivity contribution in [2.75, 3.05) is 0 Å². The maximum atomic E-state index is 12.4. The SMILES string of the molecule is C=CC[C@@H](NC(C)=O)C(=O)N[C@@H]1CCCc2[nH]c(=O)ccc21. The molecular weight excluding hydrogens is 282 g/mol. The molecule has 2 atom stereocenters. The van der Waals surface area contributed by atoms with Crippen molar-refractivity contribution >= 4 is 11.8 Å². The van der Waals surface area contributed by atoms with E-state index in [2.05, 4.69) is 22.2 Å². The number of hydrogen-bond acceptors (Lipinski definition) is 3. The van der Waals surface area contributed by atoms with E-state index in [1.807, 2.05) is 0 Å². The Hall–Kier alpha value is -2.37. The van der Waals surface area contributed by atoms with Gasteiger partial charge in [-0.2, -0.15) is 0 Å². The second-order valence-electron chi connectivity index (χ2n) is 5.49. The molecular formula is C16H21N3O3. The molecule has 1 aromatic rings. The van der Waals surface area contributed by atoms with Gasteiger partial charge in [0.2, 0.25) is 17.4 Å². The highest BCUT2D eigenvalue weighted by atomic mass is 16.2. The Morgan fingerprint density at radius 3 is 2.95 bits per heavy atom. The van der Waals surface area contributed by atoms with Crippen LogP contribution in [-0.2, 0) is 16.0 Å². The van der Waals surface area contributed by atoms with Crippen molar-refractivity contribution in [3.8, 4) is 0 Å². The number of carbonyl (C=O) groups is 2. The average Bonchev–Trinajstić information content (AvgIpc) is 2.46. The molecule has 6 nitrogen and oxygen atoms in total. The zero-order valence-corrected chi connectivity index (χ0v) is 12.6. The Kier molecular flexibility index (Phi) is 5.14. The summed E-state index contributed by atoms with van der Waals surface area (Å²) >= 11 is 0. The van der Waals surface area contributed by atoms with Crippen LogP contribution in [0.5, 0.6) is 0 Å². The van der Waals surface area contributed by atoms with Gasteiger partial charge in [-0.1, -0.05) is 6.08 Å². The van der Waals surface area contributed by atoms with Crippen LogP contribution in [0.1, 0.15) is 43.5 Å². The first-order valence-electron chi connectivity index (χ1n) is 7.41. The van der Waals surface area contributed by atoms with Gasteiger partial charge in [0.25, 0.3) is 0 Å². The highest BCUT2D eigenvalue weighted by Gasteiger charge is 2.25. The fourth-order valence-corrected chi connectivity index (χ4v) is 2.77. The molecule has 1 aromatic heterocycles. The Labute approximate surface area is 129 Å². The van der Waals surface area contributed by atoms with Gasteiger partial charge in [0.15, 0.2) is 0 Å². The van der Waals surface area contributed by atoms with E-state index in [0.717, 1.165) is 30.5 Å². The molecule has 0 radical (unpaired) electrons. The van der Waals surface area contributed by atoms with E-state index in [0.29, 0.717) is 6.42 Å². The number of aryl methyl sites for hydroxylation is 1. The summed E-state index contributed by atoms with van der Waals surface area (Å²) in [4.78, 5) is 37.8. The number of carbonyl (C=O) groups excluding carboxylic acids is 2. The van der Waals surface area contributed by atoms with E-state index >= 15 is 0 Å². The fraction of sp³-hybridized carbons (Fsp3) is 0.438. The first-order chi connectivity index (χ1) is 10.5. The van der Waals surface area contributed by atoms with Crippen molar-refractivity contribution in [3.05, 3.63) is 46.4 Å². The van der Waals surface area contributed by atoms with Crippen molar-refractivity contribution in [1.29, 1.82) is 0 Å². The summed E-state index contributed by atoms with van der Waals surface area (Å²) in [7, 11) is 0. The minimum Gasteiger partial charge on any atom is -0.347 e. The molecule has 0 aromatic carbocycles. The molecule has 0 aliphatic heterocycles. The van der Waals surface area contributed by atoms with Gasteiger partial charge in [-0.25, -0.2) is 0 Å². The van der Waals surface area contributed by atoms with Crippen LogP contribution < -0.4 is 16.2 Å². The maximum Gasteiger partial charge on any atom is 0.248 e. The van der Waals surface area contributed by atoms with Crippen LogP contribution in [-0.4, -0.2) is 22.8 Å². The quantitative estimate of drug-likeness (QED) is 0.707. The van der Waals surface area contributed by atoms with Crippen molar-refractivity contribution in [2.45, 2.75) is 44.7 Å². The minimum atomic E-state index is -0.622. The normalized spacial score (nSPS) is 18.0. The Morgan fingerprint density at radius 1 is 1.50 bits per heavy atom. The van der Waals surface area contributed by atoms with E-state index in [1.165, 1.54) is 13.0 Å². The standard InChI is InChI=1S/C16H21N3O3/c1-3-5-14(17-10(2)20)16(22)19-13-7-4-6-12-11(13)8-9-15(21)18-12/h3,8-9,13-14H,1,4-7H2,2H3,(H,17,20)(H,18,21)(H,19,22)/t13-,14-/m1/s1. The molecule has 0 saturated carbocycles. The summed E-state index contributed by atoms with van der Waals surface area (Å²) in [6, 6.07) is 2.47. The summed E-state index contributed by atoms with van der Waals surface area (Å²) in [6.45, 7) is 4.99. The molecule has 118 valence electrons. The molecule has 0 fully saturated rings. The molecule has 2 rings (SSSR count). The van der Waals surface area contributed by atoms with Crippen LogP contribution in [0.2, 0.25) is 0 Å². The second-order valence-corrected chi connectivity index (χ2v) is 5.49. The molecule has 1 aliphatic rings. The van der Waals surface area contributed by atoms with Gasteiger partial charge in [0.05, 0.1) is 6.04 Å². The Morgan fingerprint density at radius 2 is 2.27 bits per heavy atom. The molecule has 0 bridgehead atoms. The van der Waals surface area contributed by atoms with E-state index < -0.39 is 6.04 Å². The zero-order valence-electron chi connectivity index (χ0n) is 12.6. The molecule has 0 unspecified atom stereocenters. The molecule has 3 N–H and O–H groups in total. The van der Waals surface area contributed by atoms with Crippen molar-refractivity contribution in [2.24, 2.45) is 0 Å². The third-order valence-corrected chi connectivity index (χ3v) is 3.74. The monoisotopic (exact) mass is 303 g/mol. The number of aromatic nitrogens is 1. The first-order valence-corrected chi connectivity index (χ1v) is 7.41. The average molecular weight is 303 g/mol. The second kappa shape index (κ2) is 7.06. The Balaban J connectivity index is 2.13. The number of aromatic amines is 1. The predicted molar refractivity (Wildman–Crippen MR) is 83.3 cm³/mol. The first kappa shape index (κ1) is 16.0. The summed E-state index contributed by atoms with van der Waals surface area (Å²) in [6.07, 6.45) is 4.48. The number of H-pyrrole nitrogens is 1. The third kappa shape index (κ3) is 3.84. The van der Waals surface area contributed by atoms with Crippen molar-refractivity contribution in [1.82, 2.24) is 15.6 Å². The Bertz CT molecular complexity index is 636. The molecule has 0 saturated heterocycles. The van der Waals surface area contributed by atoms with Gasteiger partial charge in [-0.3, -0.25) is 14.4 Å². The predicted octanol–water partition coefficient (Wildman–Crippen LogP) is 0.949. The number of rotatable bonds is 5. The molecule has 22 heavy (non-hydrogen) atoms. The number of amides is 2. The minimum absolute atomic E-state index is 0.131. The number of nitrogens with one attached hydrogen (secondary N) is 3. The zero-order chi connectivity index (χ0) is 16.1. The molecule has 1 heterocycles. The molecule has 1 aliphatic carbocycles. The van der Waals surface area contributed by atoms with E-state index in [1.54, 1.807) is 12.1 Å². The van der Waals surface area contributed by atoms with Gasteiger partial charge in [-0.05, 0) is 37.3 Å². The summed E-state index contributed by atoms with van der Waals surface area (Å²) in [5, 5.41) is 5.58. The van der Waals surface area contributed by atoms with Gasteiger partial charge >= 0.3 is 0 Å². The summed E-state index contributed by atoms with van der Waals surface area (Å²) in [5.74, 6) is -0.491. The molecule has 0 spiro atoms. The van der Waals surface area contributed by atoms with E-state index in [9.17, 15) is 14.4 Å². The van der Waals surface area contributed by atoms with E-state index in [4.69, 9.17) is 0 Å². The molecule has 6 heteroatoms. The van der Waals surface area contributed by atoms with Crippen LogP contribution in [0.25, 0.3) is 0 Å². The largest absolute Gasteiger partial charge is 0.347 e. The number of pyridine rings is 1. The van der Waals surface area contributed by atoms with Gasteiger partial charge in [0, 0.05) is 18.7 Å². The topological polar surface area (TPSA) is 91.1 Å². The van der Waals surface area contributed by atoms with Crippen molar-refractivity contribution < 1.29 is 9.59 Å². The number of fused-ring (bicyclic) bond motifs is 1. The lowest BCUT2D eigenvalue weighted by Crippen LogP contribution is -2.47. The van der Waals surface area contributed by atoms with Gasteiger partial charge < -0.3 is 15.6 Å². The third-order valence-electron chi connectivity index (χ3n) is 3.74. The maximum absolute atomic E-state index is 12.4. The highest BCUT2D eigenvalue weighted by molar-refractivity contribution is 5.87. The van der Waals surface area contributed by atoms with Crippen molar-refractivity contribution in [3.63, 3.8) is 0 Å². The van der Waals surface area contributed by atoms with Crippen LogP contribution >= 0.6 is 0 Å². The lowest BCUT2D eigenvalue weighted by Gasteiger charge is -2.27. The molecule has 2 amide bonds. The van der Waals surface area contributed by atoms with Crippen LogP contribution in [0.3, 0.4) is 0 Å². The van der Waals surface area contributed by atoms with Crippen LogP contribution in [0, 0.1) is 0 Å². The summed E-state index contributed by atoms with van der Waals surface area (Å²) < 4.78 is 0. The number of hydrogen-bond donors (Lipinski definition) is 3. The van der Waals surface area contributed by atoms with Crippen LogP contribution in [0.4, 0.5) is 0 Å². The fourth-order valence-electron chi connectivity index (χ4n) is 2.77.